The van der Waals surface area contributed by atoms with Crippen LogP contribution in [0.15, 0.2) is 66.9 Å². The minimum Gasteiger partial charge on any atom is -0.322 e. The fourth-order valence-corrected chi connectivity index (χ4v) is 2.86. The predicted molar refractivity (Wildman–Crippen MR) is 112 cm³/mol. The van der Waals surface area contributed by atoms with E-state index in [1.807, 2.05) is 24.3 Å². The van der Waals surface area contributed by atoms with E-state index >= 15 is 0 Å². The van der Waals surface area contributed by atoms with E-state index in [-0.39, 0.29) is 17.5 Å². The van der Waals surface area contributed by atoms with E-state index in [0.717, 1.165) is 11.3 Å². The SMILES string of the molecule is CC(C)c1ccccc1NC(=O)c1ccnc(C(=O)Nc2ccc(Cl)cc2)c1. The summed E-state index contributed by atoms with van der Waals surface area (Å²) >= 11 is 5.85. The number of hydrogen-bond donors (Lipinski definition) is 2. The van der Waals surface area contributed by atoms with Crippen LogP contribution in [0.2, 0.25) is 5.02 Å². The van der Waals surface area contributed by atoms with Crippen LogP contribution in [-0.2, 0) is 0 Å². The Bertz CT molecular complexity index is 1000. The number of halogens is 1. The van der Waals surface area contributed by atoms with Crippen LogP contribution in [0.3, 0.4) is 0 Å². The molecular formula is C22H20ClN3O2. The van der Waals surface area contributed by atoms with Gasteiger partial charge in [-0.25, -0.2) is 0 Å². The molecule has 0 spiro atoms. The first kappa shape index (κ1) is 19.6. The number of hydrogen-bond acceptors (Lipinski definition) is 3. The molecule has 2 amide bonds. The quantitative estimate of drug-likeness (QED) is 0.612. The van der Waals surface area contributed by atoms with Gasteiger partial charge in [0.1, 0.15) is 5.69 Å². The number of amides is 2. The molecule has 0 atom stereocenters. The Balaban J connectivity index is 1.76. The first-order chi connectivity index (χ1) is 13.4. The van der Waals surface area contributed by atoms with Crippen LogP contribution in [0, 0.1) is 0 Å². The molecule has 0 saturated heterocycles. The van der Waals surface area contributed by atoms with Crippen LogP contribution in [0.1, 0.15) is 46.2 Å². The van der Waals surface area contributed by atoms with Gasteiger partial charge < -0.3 is 10.6 Å². The van der Waals surface area contributed by atoms with Crippen molar-refractivity contribution in [3.63, 3.8) is 0 Å². The van der Waals surface area contributed by atoms with Gasteiger partial charge in [-0.2, -0.15) is 0 Å². The van der Waals surface area contributed by atoms with Crippen molar-refractivity contribution < 1.29 is 9.59 Å². The first-order valence-corrected chi connectivity index (χ1v) is 9.25. The van der Waals surface area contributed by atoms with Crippen molar-refractivity contribution in [2.45, 2.75) is 19.8 Å². The average molecular weight is 394 g/mol. The van der Waals surface area contributed by atoms with Crippen LogP contribution >= 0.6 is 11.6 Å². The number of carbonyl (C=O) groups excluding carboxylic acids is 2. The van der Waals surface area contributed by atoms with Crippen molar-refractivity contribution in [1.29, 1.82) is 0 Å². The van der Waals surface area contributed by atoms with Crippen molar-refractivity contribution >= 4 is 34.8 Å². The number of rotatable bonds is 5. The van der Waals surface area contributed by atoms with E-state index in [1.165, 1.54) is 12.3 Å². The summed E-state index contributed by atoms with van der Waals surface area (Å²) in [4.78, 5) is 29.2. The highest BCUT2D eigenvalue weighted by molar-refractivity contribution is 6.30. The van der Waals surface area contributed by atoms with Gasteiger partial charge in [-0.15, -0.1) is 0 Å². The molecule has 0 fully saturated rings. The van der Waals surface area contributed by atoms with E-state index in [1.54, 1.807) is 30.3 Å². The van der Waals surface area contributed by atoms with Gasteiger partial charge in [0.05, 0.1) is 0 Å². The van der Waals surface area contributed by atoms with Crippen LogP contribution < -0.4 is 10.6 Å². The topological polar surface area (TPSA) is 71.1 Å². The maximum absolute atomic E-state index is 12.7. The highest BCUT2D eigenvalue weighted by atomic mass is 35.5. The smallest absolute Gasteiger partial charge is 0.274 e. The summed E-state index contributed by atoms with van der Waals surface area (Å²) in [7, 11) is 0. The lowest BCUT2D eigenvalue weighted by molar-refractivity contribution is 0.102. The Morgan fingerprint density at radius 2 is 1.64 bits per heavy atom. The third-order valence-corrected chi connectivity index (χ3v) is 4.44. The van der Waals surface area contributed by atoms with Crippen molar-refractivity contribution in [3.8, 4) is 0 Å². The van der Waals surface area contributed by atoms with Gasteiger partial charge in [0.2, 0.25) is 0 Å². The molecule has 5 nitrogen and oxygen atoms in total. The zero-order chi connectivity index (χ0) is 20.1. The molecule has 0 saturated carbocycles. The van der Waals surface area contributed by atoms with Gasteiger partial charge >= 0.3 is 0 Å². The molecule has 0 bridgehead atoms. The predicted octanol–water partition coefficient (Wildman–Crippen LogP) is 5.36. The van der Waals surface area contributed by atoms with E-state index in [2.05, 4.69) is 29.5 Å². The van der Waals surface area contributed by atoms with Crippen molar-refractivity contribution in [2.24, 2.45) is 0 Å². The molecule has 1 heterocycles. The number of pyridine rings is 1. The lowest BCUT2D eigenvalue weighted by Crippen LogP contribution is -2.17. The van der Waals surface area contributed by atoms with E-state index < -0.39 is 5.91 Å². The lowest BCUT2D eigenvalue weighted by Gasteiger charge is -2.14. The number of nitrogens with one attached hydrogen (secondary N) is 2. The van der Waals surface area contributed by atoms with Crippen molar-refractivity contribution in [3.05, 3.63) is 88.7 Å². The number of aromatic nitrogens is 1. The second-order valence-electron chi connectivity index (χ2n) is 6.59. The van der Waals surface area contributed by atoms with Gasteiger partial charge in [0, 0.05) is 28.2 Å². The van der Waals surface area contributed by atoms with E-state index in [9.17, 15) is 9.59 Å². The third-order valence-electron chi connectivity index (χ3n) is 4.19. The molecule has 3 rings (SSSR count). The standard InChI is InChI=1S/C22H20ClN3O2/c1-14(2)18-5-3-4-6-19(18)26-21(27)15-11-12-24-20(13-15)22(28)25-17-9-7-16(23)8-10-17/h3-14H,1-2H3,(H,25,28)(H,26,27). The third kappa shape index (κ3) is 4.75. The Kier molecular flexibility index (Phi) is 6.06. The summed E-state index contributed by atoms with van der Waals surface area (Å²) in [5, 5.41) is 6.23. The molecule has 0 unspecified atom stereocenters. The largest absolute Gasteiger partial charge is 0.322 e. The highest BCUT2D eigenvalue weighted by Crippen LogP contribution is 2.24. The molecule has 0 aliphatic rings. The molecule has 0 aliphatic carbocycles. The van der Waals surface area contributed by atoms with E-state index in [4.69, 9.17) is 11.6 Å². The second-order valence-corrected chi connectivity index (χ2v) is 7.02. The summed E-state index contributed by atoms with van der Waals surface area (Å²) in [6.07, 6.45) is 1.44. The number of benzene rings is 2. The summed E-state index contributed by atoms with van der Waals surface area (Å²) < 4.78 is 0. The Hall–Kier alpha value is -3.18. The van der Waals surface area contributed by atoms with Gasteiger partial charge in [0.25, 0.3) is 11.8 Å². The summed E-state index contributed by atoms with van der Waals surface area (Å²) in [5.74, 6) is -0.426. The van der Waals surface area contributed by atoms with Gasteiger partial charge in [-0.05, 0) is 53.9 Å². The molecule has 0 aliphatic heterocycles. The van der Waals surface area contributed by atoms with Crippen LogP contribution in [-0.4, -0.2) is 16.8 Å². The zero-order valence-electron chi connectivity index (χ0n) is 15.6. The maximum atomic E-state index is 12.7. The molecule has 1 aromatic heterocycles. The average Bonchev–Trinajstić information content (AvgIpc) is 2.70. The molecule has 3 aromatic rings. The number of nitrogens with zero attached hydrogens (tertiary/aromatic N) is 1. The van der Waals surface area contributed by atoms with Crippen molar-refractivity contribution in [2.75, 3.05) is 10.6 Å². The molecular weight excluding hydrogens is 374 g/mol. The molecule has 2 aromatic carbocycles. The Morgan fingerprint density at radius 1 is 0.929 bits per heavy atom. The first-order valence-electron chi connectivity index (χ1n) is 8.87. The van der Waals surface area contributed by atoms with E-state index in [0.29, 0.717) is 16.3 Å². The highest BCUT2D eigenvalue weighted by Gasteiger charge is 2.14. The normalized spacial score (nSPS) is 10.6. The zero-order valence-corrected chi connectivity index (χ0v) is 16.3. The van der Waals surface area contributed by atoms with Gasteiger partial charge in [-0.3, -0.25) is 14.6 Å². The van der Waals surface area contributed by atoms with Crippen LogP contribution in [0.25, 0.3) is 0 Å². The molecule has 0 radical (unpaired) electrons. The van der Waals surface area contributed by atoms with Crippen LogP contribution in [0.4, 0.5) is 11.4 Å². The Morgan fingerprint density at radius 3 is 2.36 bits per heavy atom. The maximum Gasteiger partial charge on any atom is 0.274 e. The lowest BCUT2D eigenvalue weighted by atomic mass is 10.0. The molecule has 6 heteroatoms. The number of anilines is 2. The Labute approximate surface area is 168 Å². The molecule has 142 valence electrons. The monoisotopic (exact) mass is 393 g/mol. The minimum atomic E-state index is -0.403. The molecule has 2 N–H and O–H groups in total. The second kappa shape index (κ2) is 8.67. The number of carbonyl (C=O) groups is 2. The summed E-state index contributed by atoms with van der Waals surface area (Å²) in [6, 6.07) is 17.5. The van der Waals surface area contributed by atoms with Gasteiger partial charge in [0.15, 0.2) is 0 Å². The minimum absolute atomic E-state index is 0.153. The fourth-order valence-electron chi connectivity index (χ4n) is 2.73. The molecule has 28 heavy (non-hydrogen) atoms. The summed E-state index contributed by atoms with van der Waals surface area (Å²) in [6.45, 7) is 4.13. The van der Waals surface area contributed by atoms with Gasteiger partial charge in [-0.1, -0.05) is 43.6 Å². The fraction of sp³-hybridized carbons (Fsp3) is 0.136. The summed E-state index contributed by atoms with van der Waals surface area (Å²) in [5.41, 5.74) is 2.91. The van der Waals surface area contributed by atoms with Crippen LogP contribution in [0.5, 0.6) is 0 Å². The van der Waals surface area contributed by atoms with Crippen molar-refractivity contribution in [1.82, 2.24) is 4.98 Å². The number of para-hydroxylation sites is 1.